The van der Waals surface area contributed by atoms with Crippen LogP contribution in [0.1, 0.15) is 16.8 Å². The maximum Gasteiger partial charge on any atom is 0.222 e. The Kier molecular flexibility index (Phi) is 4.43. The van der Waals surface area contributed by atoms with Crippen LogP contribution in [-0.4, -0.2) is 45.8 Å². The SMILES string of the molecule is Nc1nc2ccccc2c2cc(Cc3ccccc3CN3CCOCC3)nn12. The molecule has 2 N–H and O–H groups in total. The molecule has 0 aliphatic carbocycles. The molecule has 6 heteroatoms. The third-order valence-corrected chi connectivity index (χ3v) is 5.38. The number of benzene rings is 2. The number of fused-ring (bicyclic) bond motifs is 3. The summed E-state index contributed by atoms with van der Waals surface area (Å²) in [5, 5.41) is 5.81. The van der Waals surface area contributed by atoms with Crippen molar-refractivity contribution in [1.29, 1.82) is 0 Å². The van der Waals surface area contributed by atoms with Crippen molar-refractivity contribution in [2.45, 2.75) is 13.0 Å². The van der Waals surface area contributed by atoms with E-state index in [1.54, 1.807) is 4.52 Å². The number of nitrogen functional groups attached to an aromatic ring is 1. The van der Waals surface area contributed by atoms with Gasteiger partial charge in [-0.2, -0.15) is 9.61 Å². The van der Waals surface area contributed by atoms with Crippen molar-refractivity contribution in [2.75, 3.05) is 32.0 Å². The fraction of sp³-hybridized carbons (Fsp3) is 0.273. The van der Waals surface area contributed by atoms with Crippen molar-refractivity contribution in [1.82, 2.24) is 19.5 Å². The molecule has 0 bridgehead atoms. The molecule has 1 aliphatic rings. The van der Waals surface area contributed by atoms with E-state index < -0.39 is 0 Å². The summed E-state index contributed by atoms with van der Waals surface area (Å²) < 4.78 is 7.22. The Morgan fingerprint density at radius 3 is 2.57 bits per heavy atom. The summed E-state index contributed by atoms with van der Waals surface area (Å²) in [5.41, 5.74) is 11.7. The number of rotatable bonds is 4. The second-order valence-electron chi connectivity index (χ2n) is 7.25. The minimum absolute atomic E-state index is 0.418. The van der Waals surface area contributed by atoms with Crippen LogP contribution in [0.25, 0.3) is 16.4 Å². The number of aromatic nitrogens is 3. The van der Waals surface area contributed by atoms with Crippen molar-refractivity contribution in [3.63, 3.8) is 0 Å². The zero-order valence-corrected chi connectivity index (χ0v) is 15.7. The van der Waals surface area contributed by atoms with Gasteiger partial charge < -0.3 is 10.5 Å². The number of anilines is 1. The molecule has 1 fully saturated rings. The van der Waals surface area contributed by atoms with Crippen LogP contribution in [0.4, 0.5) is 5.95 Å². The number of ether oxygens (including phenoxy) is 1. The summed E-state index contributed by atoms with van der Waals surface area (Å²) in [4.78, 5) is 6.92. The van der Waals surface area contributed by atoms with Crippen LogP contribution in [-0.2, 0) is 17.7 Å². The number of nitrogens with zero attached hydrogens (tertiary/aromatic N) is 4. The molecule has 1 saturated heterocycles. The monoisotopic (exact) mass is 373 g/mol. The lowest BCUT2D eigenvalue weighted by Gasteiger charge is -2.27. The normalized spacial score (nSPS) is 15.4. The standard InChI is InChI=1S/C22H23N5O/c23-22-24-20-8-4-3-7-19(20)21-14-18(25-27(21)22)13-16-5-1-2-6-17(16)15-26-9-11-28-12-10-26/h1-8,14H,9-13,15H2,(H2,23,24). The van der Waals surface area contributed by atoms with Crippen LogP contribution in [0, 0.1) is 0 Å². The first-order valence-electron chi connectivity index (χ1n) is 9.68. The Labute approximate surface area is 163 Å². The Morgan fingerprint density at radius 2 is 1.71 bits per heavy atom. The number of para-hydroxylation sites is 1. The third-order valence-electron chi connectivity index (χ3n) is 5.38. The van der Waals surface area contributed by atoms with Gasteiger partial charge in [-0.1, -0.05) is 42.5 Å². The quantitative estimate of drug-likeness (QED) is 0.596. The first-order chi connectivity index (χ1) is 13.8. The Morgan fingerprint density at radius 1 is 0.964 bits per heavy atom. The lowest BCUT2D eigenvalue weighted by atomic mass is 10.0. The molecule has 0 atom stereocenters. The van der Waals surface area contributed by atoms with E-state index in [1.807, 2.05) is 18.2 Å². The summed E-state index contributed by atoms with van der Waals surface area (Å²) >= 11 is 0. The van der Waals surface area contributed by atoms with Crippen LogP contribution in [0.2, 0.25) is 0 Å². The molecular weight excluding hydrogens is 350 g/mol. The van der Waals surface area contributed by atoms with Gasteiger partial charge in [0.05, 0.1) is 29.9 Å². The molecule has 28 heavy (non-hydrogen) atoms. The van der Waals surface area contributed by atoms with E-state index >= 15 is 0 Å². The minimum Gasteiger partial charge on any atom is -0.379 e. The third kappa shape index (κ3) is 3.21. The van der Waals surface area contributed by atoms with Crippen molar-refractivity contribution >= 4 is 22.4 Å². The van der Waals surface area contributed by atoms with Crippen molar-refractivity contribution in [3.8, 4) is 0 Å². The van der Waals surface area contributed by atoms with Crippen molar-refractivity contribution in [3.05, 3.63) is 71.4 Å². The van der Waals surface area contributed by atoms with Gasteiger partial charge in [0.2, 0.25) is 5.95 Å². The van der Waals surface area contributed by atoms with E-state index in [1.165, 1.54) is 11.1 Å². The van der Waals surface area contributed by atoms with Gasteiger partial charge in [-0.15, -0.1) is 0 Å². The number of morpholine rings is 1. The second kappa shape index (κ2) is 7.22. The van der Waals surface area contributed by atoms with Gasteiger partial charge in [0.15, 0.2) is 0 Å². The maximum absolute atomic E-state index is 6.15. The van der Waals surface area contributed by atoms with Crippen LogP contribution in [0.3, 0.4) is 0 Å². The number of nitrogens with two attached hydrogens (primary N) is 1. The van der Waals surface area contributed by atoms with Crippen LogP contribution in [0.5, 0.6) is 0 Å². The molecule has 1 aliphatic heterocycles. The van der Waals surface area contributed by atoms with E-state index in [4.69, 9.17) is 15.6 Å². The summed E-state index contributed by atoms with van der Waals surface area (Å²) in [5.74, 6) is 0.418. The highest BCUT2D eigenvalue weighted by molar-refractivity contribution is 5.94. The molecule has 6 nitrogen and oxygen atoms in total. The fourth-order valence-electron chi connectivity index (χ4n) is 3.92. The van der Waals surface area contributed by atoms with Crippen molar-refractivity contribution < 1.29 is 4.74 Å². The predicted octanol–water partition coefficient (Wildman–Crippen LogP) is 2.89. The molecule has 142 valence electrons. The lowest BCUT2D eigenvalue weighted by Crippen LogP contribution is -2.35. The molecule has 2 aromatic carbocycles. The molecule has 3 heterocycles. The molecule has 0 unspecified atom stereocenters. The molecule has 5 rings (SSSR count). The van der Waals surface area contributed by atoms with E-state index in [0.717, 1.165) is 61.4 Å². The van der Waals surface area contributed by atoms with E-state index in [-0.39, 0.29) is 0 Å². The smallest absolute Gasteiger partial charge is 0.222 e. The van der Waals surface area contributed by atoms with Crippen LogP contribution in [0.15, 0.2) is 54.6 Å². The Balaban J connectivity index is 1.49. The molecular formula is C22H23N5O. The van der Waals surface area contributed by atoms with Gasteiger partial charge >= 0.3 is 0 Å². The Bertz CT molecular complexity index is 1130. The van der Waals surface area contributed by atoms with Crippen LogP contribution >= 0.6 is 0 Å². The highest BCUT2D eigenvalue weighted by Crippen LogP contribution is 2.23. The topological polar surface area (TPSA) is 68.7 Å². The van der Waals surface area contributed by atoms with E-state index in [0.29, 0.717) is 5.95 Å². The maximum atomic E-state index is 6.15. The highest BCUT2D eigenvalue weighted by atomic mass is 16.5. The first-order valence-corrected chi connectivity index (χ1v) is 9.68. The van der Waals surface area contributed by atoms with Gasteiger partial charge in [0, 0.05) is 31.4 Å². The van der Waals surface area contributed by atoms with Crippen molar-refractivity contribution in [2.24, 2.45) is 0 Å². The lowest BCUT2D eigenvalue weighted by molar-refractivity contribution is 0.0341. The fourth-order valence-corrected chi connectivity index (χ4v) is 3.92. The zero-order valence-electron chi connectivity index (χ0n) is 15.7. The molecule has 0 amide bonds. The molecule has 4 aromatic rings. The molecule has 2 aromatic heterocycles. The van der Waals surface area contributed by atoms with Gasteiger partial charge in [-0.05, 0) is 23.3 Å². The predicted molar refractivity (Wildman–Crippen MR) is 110 cm³/mol. The number of hydrogen-bond acceptors (Lipinski definition) is 5. The van der Waals surface area contributed by atoms with Gasteiger partial charge in [0.25, 0.3) is 0 Å². The summed E-state index contributed by atoms with van der Waals surface area (Å²) in [6, 6.07) is 18.8. The highest BCUT2D eigenvalue weighted by Gasteiger charge is 2.15. The Hall–Kier alpha value is -2.96. The molecule has 0 spiro atoms. The van der Waals surface area contributed by atoms with Gasteiger partial charge in [-0.25, -0.2) is 4.98 Å². The molecule has 0 radical (unpaired) electrons. The first kappa shape index (κ1) is 17.2. The van der Waals surface area contributed by atoms with Gasteiger partial charge in [0.1, 0.15) is 0 Å². The summed E-state index contributed by atoms with van der Waals surface area (Å²) in [6.45, 7) is 4.54. The summed E-state index contributed by atoms with van der Waals surface area (Å²) in [7, 11) is 0. The largest absolute Gasteiger partial charge is 0.379 e. The zero-order chi connectivity index (χ0) is 18.9. The average molecular weight is 373 g/mol. The minimum atomic E-state index is 0.418. The number of hydrogen-bond donors (Lipinski definition) is 1. The van der Waals surface area contributed by atoms with Crippen LogP contribution < -0.4 is 5.73 Å². The van der Waals surface area contributed by atoms with E-state index in [2.05, 4.69) is 46.3 Å². The average Bonchev–Trinajstić information content (AvgIpc) is 3.15. The second-order valence-corrected chi connectivity index (χ2v) is 7.25. The van der Waals surface area contributed by atoms with Gasteiger partial charge in [-0.3, -0.25) is 4.90 Å². The molecule has 0 saturated carbocycles. The van der Waals surface area contributed by atoms with E-state index in [9.17, 15) is 0 Å². The summed E-state index contributed by atoms with van der Waals surface area (Å²) in [6.07, 6.45) is 0.774.